The summed E-state index contributed by atoms with van der Waals surface area (Å²) in [5, 5.41) is 0. The Labute approximate surface area is 61.1 Å². The molecule has 0 saturated heterocycles. The number of carbonyl (C=O) groups excluding carboxylic acids is 1. The molecule has 1 saturated carbocycles. The number of rotatable bonds is 1. The Bertz CT molecular complexity index is 195. The summed E-state index contributed by atoms with van der Waals surface area (Å²) < 4.78 is 0. The lowest BCUT2D eigenvalue weighted by Crippen LogP contribution is -2.22. The molecule has 0 aliphatic heterocycles. The van der Waals surface area contributed by atoms with Crippen LogP contribution in [0.15, 0.2) is 12.2 Å². The van der Waals surface area contributed by atoms with Crippen LogP contribution in [0, 0.1) is 17.3 Å². The molecule has 0 amide bonds. The van der Waals surface area contributed by atoms with Crippen LogP contribution in [0.2, 0.25) is 0 Å². The molecule has 0 aromatic rings. The molecule has 2 rings (SSSR count). The van der Waals surface area contributed by atoms with Crippen LogP contribution < -0.4 is 0 Å². The number of hydrogen-bond donors (Lipinski definition) is 0. The van der Waals surface area contributed by atoms with Crippen molar-refractivity contribution in [2.75, 3.05) is 0 Å². The van der Waals surface area contributed by atoms with Gasteiger partial charge >= 0.3 is 0 Å². The van der Waals surface area contributed by atoms with Crippen LogP contribution in [0.5, 0.6) is 0 Å². The van der Waals surface area contributed by atoms with E-state index in [1.54, 1.807) is 0 Å². The van der Waals surface area contributed by atoms with E-state index in [0.29, 0.717) is 11.8 Å². The summed E-state index contributed by atoms with van der Waals surface area (Å²) in [6.07, 6.45) is 7.91. The molecule has 3 atom stereocenters. The summed E-state index contributed by atoms with van der Waals surface area (Å²) in [4.78, 5) is 10.7. The molecule has 1 unspecified atom stereocenters. The minimum atomic E-state index is -0.0145. The van der Waals surface area contributed by atoms with Crippen LogP contribution >= 0.6 is 0 Å². The zero-order chi connectivity index (χ0) is 7.19. The molecule has 2 aliphatic carbocycles. The average molecular weight is 136 g/mol. The summed E-state index contributed by atoms with van der Waals surface area (Å²) in [5.74, 6) is 1.26. The van der Waals surface area contributed by atoms with E-state index in [1.165, 1.54) is 6.42 Å². The van der Waals surface area contributed by atoms with E-state index in [-0.39, 0.29) is 5.41 Å². The van der Waals surface area contributed by atoms with Crippen LogP contribution in [0.3, 0.4) is 0 Å². The second-order valence-electron chi connectivity index (χ2n) is 3.81. The highest BCUT2D eigenvalue weighted by Crippen LogP contribution is 2.50. The van der Waals surface area contributed by atoms with Gasteiger partial charge in [-0.25, -0.2) is 0 Å². The molecule has 0 aromatic carbocycles. The SMILES string of the molecule is C[C@@]1(C=O)CC2C=C[C@H]1C2. The fourth-order valence-corrected chi connectivity index (χ4v) is 2.27. The van der Waals surface area contributed by atoms with Crippen molar-refractivity contribution in [3.8, 4) is 0 Å². The highest BCUT2D eigenvalue weighted by Gasteiger charge is 2.44. The molecule has 2 aliphatic rings. The Morgan fingerprint density at radius 1 is 1.60 bits per heavy atom. The van der Waals surface area contributed by atoms with Crippen molar-refractivity contribution in [2.24, 2.45) is 17.3 Å². The molecule has 0 aromatic heterocycles. The van der Waals surface area contributed by atoms with Gasteiger partial charge in [0.25, 0.3) is 0 Å². The number of carbonyl (C=O) groups is 1. The van der Waals surface area contributed by atoms with Gasteiger partial charge in [0.2, 0.25) is 0 Å². The van der Waals surface area contributed by atoms with E-state index in [9.17, 15) is 4.79 Å². The molecular weight excluding hydrogens is 124 g/mol. The van der Waals surface area contributed by atoms with Gasteiger partial charge < -0.3 is 4.79 Å². The van der Waals surface area contributed by atoms with Gasteiger partial charge in [0.05, 0.1) is 0 Å². The summed E-state index contributed by atoms with van der Waals surface area (Å²) in [5.41, 5.74) is -0.0145. The first kappa shape index (κ1) is 6.14. The van der Waals surface area contributed by atoms with Crippen LogP contribution in [-0.2, 0) is 4.79 Å². The van der Waals surface area contributed by atoms with Crippen LogP contribution in [0.1, 0.15) is 19.8 Å². The van der Waals surface area contributed by atoms with Gasteiger partial charge in [0.15, 0.2) is 0 Å². The van der Waals surface area contributed by atoms with Crippen LogP contribution in [0.25, 0.3) is 0 Å². The molecule has 2 bridgehead atoms. The number of hydrogen-bond acceptors (Lipinski definition) is 1. The second kappa shape index (κ2) is 1.71. The Morgan fingerprint density at radius 3 is 2.70 bits per heavy atom. The number of fused-ring (bicyclic) bond motifs is 2. The maximum absolute atomic E-state index is 10.7. The van der Waals surface area contributed by atoms with Crippen molar-refractivity contribution in [3.05, 3.63) is 12.2 Å². The molecule has 0 heterocycles. The van der Waals surface area contributed by atoms with Crippen molar-refractivity contribution >= 4 is 6.29 Å². The first-order valence-electron chi connectivity index (χ1n) is 3.89. The Kier molecular flexibility index (Phi) is 1.05. The van der Waals surface area contributed by atoms with Gasteiger partial charge in [-0.15, -0.1) is 0 Å². The largest absolute Gasteiger partial charge is 0.303 e. The number of allylic oxidation sites excluding steroid dienone is 2. The Balaban J connectivity index is 2.30. The van der Waals surface area contributed by atoms with Crippen LogP contribution in [0.4, 0.5) is 0 Å². The second-order valence-corrected chi connectivity index (χ2v) is 3.81. The molecule has 10 heavy (non-hydrogen) atoms. The van der Waals surface area contributed by atoms with Crippen LogP contribution in [-0.4, -0.2) is 6.29 Å². The molecule has 0 spiro atoms. The zero-order valence-electron chi connectivity index (χ0n) is 6.21. The third-order valence-electron chi connectivity index (χ3n) is 2.99. The summed E-state index contributed by atoms with van der Waals surface area (Å²) in [7, 11) is 0. The molecular formula is C9H12O. The fourth-order valence-electron chi connectivity index (χ4n) is 2.27. The molecule has 0 N–H and O–H groups in total. The van der Waals surface area contributed by atoms with Crippen molar-refractivity contribution < 1.29 is 4.79 Å². The topological polar surface area (TPSA) is 17.1 Å². The fraction of sp³-hybridized carbons (Fsp3) is 0.667. The third kappa shape index (κ3) is 0.606. The lowest BCUT2D eigenvalue weighted by atomic mass is 9.79. The first-order valence-corrected chi connectivity index (χ1v) is 3.89. The monoisotopic (exact) mass is 136 g/mol. The summed E-state index contributed by atoms with van der Waals surface area (Å²) in [6.45, 7) is 2.08. The van der Waals surface area contributed by atoms with E-state index < -0.39 is 0 Å². The van der Waals surface area contributed by atoms with E-state index in [2.05, 4.69) is 19.1 Å². The predicted octanol–water partition coefficient (Wildman–Crippen LogP) is 1.79. The highest BCUT2D eigenvalue weighted by atomic mass is 16.1. The standard InChI is InChI=1S/C9H12O/c1-9(6-10)5-7-2-3-8(9)4-7/h2-3,6-8H,4-5H2,1H3/t7?,8-,9-/m0/s1. The predicted molar refractivity (Wildman–Crippen MR) is 39.5 cm³/mol. The maximum atomic E-state index is 10.7. The highest BCUT2D eigenvalue weighted by molar-refractivity contribution is 5.61. The van der Waals surface area contributed by atoms with Gasteiger partial charge in [-0.3, -0.25) is 0 Å². The van der Waals surface area contributed by atoms with Gasteiger partial charge in [0, 0.05) is 5.41 Å². The van der Waals surface area contributed by atoms with Gasteiger partial charge in [0.1, 0.15) is 6.29 Å². The summed E-state index contributed by atoms with van der Waals surface area (Å²) >= 11 is 0. The molecule has 1 nitrogen and oxygen atoms in total. The molecule has 0 radical (unpaired) electrons. The Hall–Kier alpha value is -0.590. The average Bonchev–Trinajstić information content (AvgIpc) is 2.46. The lowest BCUT2D eigenvalue weighted by Gasteiger charge is -2.23. The van der Waals surface area contributed by atoms with E-state index in [4.69, 9.17) is 0 Å². The van der Waals surface area contributed by atoms with Gasteiger partial charge in [-0.2, -0.15) is 0 Å². The van der Waals surface area contributed by atoms with E-state index >= 15 is 0 Å². The maximum Gasteiger partial charge on any atom is 0.126 e. The van der Waals surface area contributed by atoms with Gasteiger partial charge in [-0.1, -0.05) is 19.1 Å². The van der Waals surface area contributed by atoms with Gasteiger partial charge in [-0.05, 0) is 24.7 Å². The first-order chi connectivity index (χ1) is 4.74. The quantitative estimate of drug-likeness (QED) is 0.396. The molecule has 1 fully saturated rings. The molecule has 1 heteroatoms. The minimum Gasteiger partial charge on any atom is -0.303 e. The Morgan fingerprint density at radius 2 is 2.40 bits per heavy atom. The van der Waals surface area contributed by atoms with Crippen molar-refractivity contribution in [2.45, 2.75) is 19.8 Å². The summed E-state index contributed by atoms with van der Waals surface area (Å²) in [6, 6.07) is 0. The number of aldehydes is 1. The lowest BCUT2D eigenvalue weighted by molar-refractivity contribution is -0.116. The van der Waals surface area contributed by atoms with Crippen molar-refractivity contribution in [3.63, 3.8) is 0 Å². The normalized spacial score (nSPS) is 50.1. The molecule has 54 valence electrons. The minimum absolute atomic E-state index is 0.0145. The third-order valence-corrected chi connectivity index (χ3v) is 2.99. The smallest absolute Gasteiger partial charge is 0.126 e. The van der Waals surface area contributed by atoms with E-state index in [0.717, 1.165) is 12.7 Å². The van der Waals surface area contributed by atoms with Crippen molar-refractivity contribution in [1.29, 1.82) is 0 Å². The van der Waals surface area contributed by atoms with Crippen molar-refractivity contribution in [1.82, 2.24) is 0 Å². The van der Waals surface area contributed by atoms with E-state index in [1.807, 2.05) is 0 Å². The zero-order valence-corrected chi connectivity index (χ0v) is 6.21.